The van der Waals surface area contributed by atoms with Gasteiger partial charge in [-0.05, 0) is 47.9 Å². The molecule has 198 valence electrons. The number of benzene rings is 3. The number of anilines is 2. The molecule has 0 unspecified atom stereocenters. The van der Waals surface area contributed by atoms with Crippen molar-refractivity contribution in [3.8, 4) is 10.4 Å². The van der Waals surface area contributed by atoms with Crippen LogP contribution < -0.4 is 15.5 Å². The monoisotopic (exact) mass is 539 g/mol. The quantitative estimate of drug-likeness (QED) is 0.250. The molecule has 0 radical (unpaired) electrons. The van der Waals surface area contributed by atoms with E-state index in [0.717, 1.165) is 22.5 Å². The predicted octanol–water partition coefficient (Wildman–Crippen LogP) is 5.76. The molecule has 1 fully saturated rings. The zero-order chi connectivity index (χ0) is 27.2. The molecule has 5 rings (SSSR count). The van der Waals surface area contributed by atoms with Crippen LogP contribution in [0.4, 0.5) is 16.2 Å². The second kappa shape index (κ2) is 12.0. The minimum Gasteiger partial charge on any atom is -0.442 e. The van der Waals surface area contributed by atoms with Gasteiger partial charge in [-0.1, -0.05) is 60.7 Å². The third-order valence-corrected chi connectivity index (χ3v) is 7.65. The predicted molar refractivity (Wildman–Crippen MR) is 155 cm³/mol. The average Bonchev–Trinajstić information content (AvgIpc) is 3.56. The molecule has 4 aromatic rings. The van der Waals surface area contributed by atoms with Gasteiger partial charge in [0.1, 0.15) is 6.10 Å². The Bertz CT molecular complexity index is 1450. The highest BCUT2D eigenvalue weighted by Gasteiger charge is 2.32. The van der Waals surface area contributed by atoms with Gasteiger partial charge in [0.25, 0.3) is 0 Å². The van der Waals surface area contributed by atoms with Gasteiger partial charge in [-0.3, -0.25) is 14.5 Å². The number of ketones is 1. The zero-order valence-electron chi connectivity index (χ0n) is 21.6. The maximum atomic E-state index is 13.7. The third kappa shape index (κ3) is 6.35. The van der Waals surface area contributed by atoms with E-state index in [2.05, 4.69) is 22.8 Å². The van der Waals surface area contributed by atoms with Crippen LogP contribution in [0, 0.1) is 0 Å². The standard InChI is InChI=1S/C31H29N3O4S/c1-21(35)33-19-26-20-34(31(37)38-26)25-14-12-24(13-15-25)29(36)30-27(32-17-16-22-8-4-2-5-9-22)18-28(39-30)23-10-6-3-7-11-23/h2-15,18,26,32H,16-17,19-20H2,1H3,(H,33,35)/t26-/m0/s1. The highest BCUT2D eigenvalue weighted by Crippen LogP contribution is 2.36. The molecular formula is C31H29N3O4S. The molecule has 3 aromatic carbocycles. The number of nitrogens with one attached hydrogen (secondary N) is 2. The van der Waals surface area contributed by atoms with Crippen molar-refractivity contribution in [2.75, 3.05) is 29.9 Å². The van der Waals surface area contributed by atoms with Crippen LogP contribution in [0.15, 0.2) is 91.0 Å². The molecule has 2 heterocycles. The normalized spacial score (nSPS) is 14.6. The Hall–Kier alpha value is -4.43. The van der Waals surface area contributed by atoms with Crippen LogP contribution in [0.2, 0.25) is 0 Å². The van der Waals surface area contributed by atoms with E-state index in [9.17, 15) is 14.4 Å². The molecule has 1 atom stereocenters. The Morgan fingerprint density at radius 2 is 1.67 bits per heavy atom. The van der Waals surface area contributed by atoms with Gasteiger partial charge in [-0.2, -0.15) is 0 Å². The van der Waals surface area contributed by atoms with Crippen molar-refractivity contribution in [2.24, 2.45) is 0 Å². The van der Waals surface area contributed by atoms with E-state index in [1.165, 1.54) is 28.7 Å². The third-order valence-electron chi connectivity index (χ3n) is 6.46. The number of cyclic esters (lactones) is 1. The lowest BCUT2D eigenvalue weighted by molar-refractivity contribution is -0.119. The first-order valence-electron chi connectivity index (χ1n) is 12.8. The molecule has 8 heteroatoms. The number of hydrogen-bond acceptors (Lipinski definition) is 6. The first kappa shape index (κ1) is 26.2. The first-order valence-corrected chi connectivity index (χ1v) is 13.6. The lowest BCUT2D eigenvalue weighted by atomic mass is 10.1. The van der Waals surface area contributed by atoms with Crippen molar-refractivity contribution in [1.82, 2.24) is 5.32 Å². The molecule has 39 heavy (non-hydrogen) atoms. The maximum absolute atomic E-state index is 13.7. The average molecular weight is 540 g/mol. The number of thiophene rings is 1. The Morgan fingerprint density at radius 3 is 2.36 bits per heavy atom. The molecule has 0 spiro atoms. The summed E-state index contributed by atoms with van der Waals surface area (Å²) < 4.78 is 5.35. The van der Waals surface area contributed by atoms with Gasteiger partial charge in [0.05, 0.1) is 23.7 Å². The van der Waals surface area contributed by atoms with Crippen LogP contribution in [0.1, 0.15) is 27.7 Å². The van der Waals surface area contributed by atoms with E-state index in [0.29, 0.717) is 29.2 Å². The summed E-state index contributed by atoms with van der Waals surface area (Å²) in [5, 5.41) is 6.15. The molecule has 7 nitrogen and oxygen atoms in total. The molecule has 2 N–H and O–H groups in total. The van der Waals surface area contributed by atoms with Crippen LogP contribution in [0.5, 0.6) is 0 Å². The van der Waals surface area contributed by atoms with Crippen molar-refractivity contribution in [2.45, 2.75) is 19.4 Å². The SMILES string of the molecule is CC(=O)NC[C@H]1CN(c2ccc(C(=O)c3sc(-c4ccccc4)cc3NCCc3ccccc3)cc2)C(=O)O1. The number of hydrogen-bond donors (Lipinski definition) is 2. The minimum absolute atomic E-state index is 0.0801. The number of ether oxygens (including phenoxy) is 1. The van der Waals surface area contributed by atoms with Gasteiger partial charge in [0.15, 0.2) is 0 Å². The summed E-state index contributed by atoms with van der Waals surface area (Å²) in [5.74, 6) is -0.256. The van der Waals surface area contributed by atoms with Crippen LogP contribution in [0.3, 0.4) is 0 Å². The second-order valence-electron chi connectivity index (χ2n) is 9.31. The van der Waals surface area contributed by atoms with Crippen LogP contribution in [-0.2, 0) is 16.0 Å². The van der Waals surface area contributed by atoms with Gasteiger partial charge in [-0.15, -0.1) is 11.3 Å². The van der Waals surface area contributed by atoms with Crippen molar-refractivity contribution >= 4 is 40.5 Å². The summed E-state index contributed by atoms with van der Waals surface area (Å²) in [4.78, 5) is 40.4. The second-order valence-corrected chi connectivity index (χ2v) is 10.4. The summed E-state index contributed by atoms with van der Waals surface area (Å²) >= 11 is 1.47. The van der Waals surface area contributed by atoms with Crippen molar-refractivity contribution < 1.29 is 19.1 Å². The largest absolute Gasteiger partial charge is 0.442 e. The van der Waals surface area contributed by atoms with Gasteiger partial charge in [0.2, 0.25) is 11.7 Å². The van der Waals surface area contributed by atoms with E-state index in [1.54, 1.807) is 24.3 Å². The van der Waals surface area contributed by atoms with E-state index in [4.69, 9.17) is 4.74 Å². The van der Waals surface area contributed by atoms with Gasteiger partial charge >= 0.3 is 6.09 Å². The van der Waals surface area contributed by atoms with Gasteiger partial charge in [-0.25, -0.2) is 4.79 Å². The Labute approximate surface area is 231 Å². The molecule has 1 aliphatic heterocycles. The fraction of sp³-hybridized carbons (Fsp3) is 0.194. The van der Waals surface area contributed by atoms with Crippen molar-refractivity contribution in [3.63, 3.8) is 0 Å². The number of nitrogens with zero attached hydrogens (tertiary/aromatic N) is 1. The number of amides is 2. The Morgan fingerprint density at radius 1 is 0.974 bits per heavy atom. The minimum atomic E-state index is -0.472. The summed E-state index contributed by atoms with van der Waals surface area (Å²) in [6, 6.07) is 29.3. The fourth-order valence-electron chi connectivity index (χ4n) is 4.44. The van der Waals surface area contributed by atoms with E-state index in [-0.39, 0.29) is 18.2 Å². The topological polar surface area (TPSA) is 87.7 Å². The highest BCUT2D eigenvalue weighted by molar-refractivity contribution is 7.18. The molecule has 2 amide bonds. The van der Waals surface area contributed by atoms with Gasteiger partial charge in [0, 0.05) is 29.6 Å². The van der Waals surface area contributed by atoms with E-state index < -0.39 is 12.2 Å². The first-order chi connectivity index (χ1) is 19.0. The summed E-state index contributed by atoms with van der Waals surface area (Å²) in [7, 11) is 0. The molecular weight excluding hydrogens is 510 g/mol. The summed E-state index contributed by atoms with van der Waals surface area (Å²) in [6.07, 6.45) is -0.0518. The van der Waals surface area contributed by atoms with Crippen LogP contribution in [0.25, 0.3) is 10.4 Å². The van der Waals surface area contributed by atoms with Crippen molar-refractivity contribution in [3.05, 3.63) is 107 Å². The lowest BCUT2D eigenvalue weighted by Crippen LogP contribution is -2.33. The van der Waals surface area contributed by atoms with E-state index >= 15 is 0 Å². The zero-order valence-corrected chi connectivity index (χ0v) is 22.4. The highest BCUT2D eigenvalue weighted by atomic mass is 32.1. The summed E-state index contributed by atoms with van der Waals surface area (Å²) in [5.41, 5.74) is 4.27. The Balaban J connectivity index is 1.33. The number of carbonyl (C=O) groups excluding carboxylic acids is 3. The molecule has 0 bridgehead atoms. The fourth-order valence-corrected chi connectivity index (χ4v) is 5.54. The smallest absolute Gasteiger partial charge is 0.414 e. The van der Waals surface area contributed by atoms with Crippen molar-refractivity contribution in [1.29, 1.82) is 0 Å². The maximum Gasteiger partial charge on any atom is 0.414 e. The molecule has 0 aliphatic carbocycles. The Kier molecular flexibility index (Phi) is 8.03. The lowest BCUT2D eigenvalue weighted by Gasteiger charge is -2.13. The van der Waals surface area contributed by atoms with Crippen LogP contribution >= 0.6 is 11.3 Å². The summed E-state index contributed by atoms with van der Waals surface area (Å²) in [6.45, 7) is 2.71. The number of carbonyl (C=O) groups is 3. The molecule has 1 aromatic heterocycles. The van der Waals surface area contributed by atoms with Gasteiger partial charge < -0.3 is 15.4 Å². The molecule has 1 aliphatic rings. The van der Waals surface area contributed by atoms with Crippen LogP contribution in [-0.4, -0.2) is 43.5 Å². The van der Waals surface area contributed by atoms with E-state index in [1.807, 2.05) is 54.6 Å². The molecule has 1 saturated heterocycles. The number of rotatable bonds is 10. The molecule has 0 saturated carbocycles.